The Balaban J connectivity index is 1.91. The van der Waals surface area contributed by atoms with E-state index in [2.05, 4.69) is 11.7 Å². The number of nitrogens with two attached hydrogens (primary N) is 1. The molecule has 6 nitrogen and oxygen atoms in total. The highest BCUT2D eigenvalue weighted by Crippen LogP contribution is 2.22. The second-order valence-corrected chi connectivity index (χ2v) is 6.36. The zero-order valence-corrected chi connectivity index (χ0v) is 15.0. The fraction of sp³-hybridized carbons (Fsp3) is 0.526. The molecule has 1 aliphatic rings. The van der Waals surface area contributed by atoms with Crippen molar-refractivity contribution < 1.29 is 24.4 Å². The van der Waals surface area contributed by atoms with Crippen LogP contribution in [0.5, 0.6) is 0 Å². The van der Waals surface area contributed by atoms with E-state index in [9.17, 15) is 14.4 Å². The molecule has 25 heavy (non-hydrogen) atoms. The van der Waals surface area contributed by atoms with Crippen molar-refractivity contribution in [3.05, 3.63) is 29.8 Å². The van der Waals surface area contributed by atoms with E-state index >= 15 is 0 Å². The standard InChI is InChI=1S/C19H26N2O4/c1-3-4-5-6-7-12-20-16-13-17(22)21(18(16)23)15-10-8-14(9-11-15)19(24)25-2/h8-11,16,20H,3-7,12-13H2,1-2H3/p+1/t16-/m1/s1. The summed E-state index contributed by atoms with van der Waals surface area (Å²) in [6, 6.07) is 6.00. The summed E-state index contributed by atoms with van der Waals surface area (Å²) in [5, 5.41) is 1.98. The van der Waals surface area contributed by atoms with Crippen LogP contribution < -0.4 is 10.2 Å². The molecule has 1 saturated heterocycles. The Labute approximate surface area is 148 Å². The molecule has 0 bridgehead atoms. The Kier molecular flexibility index (Phi) is 7.13. The third-order valence-corrected chi connectivity index (χ3v) is 4.49. The number of amides is 2. The lowest BCUT2D eigenvalue weighted by atomic mass is 10.1. The number of anilines is 1. The second-order valence-electron chi connectivity index (χ2n) is 6.36. The molecule has 0 aromatic heterocycles. The number of esters is 1. The molecular formula is C19H27N2O4+. The summed E-state index contributed by atoms with van der Waals surface area (Å²) in [6.45, 7) is 3.05. The van der Waals surface area contributed by atoms with Crippen molar-refractivity contribution >= 4 is 23.5 Å². The van der Waals surface area contributed by atoms with Crippen molar-refractivity contribution in [1.29, 1.82) is 0 Å². The molecule has 1 aliphatic heterocycles. The molecule has 0 unspecified atom stereocenters. The van der Waals surface area contributed by atoms with Gasteiger partial charge in [0.2, 0.25) is 5.91 Å². The second kappa shape index (κ2) is 9.32. The first-order valence-corrected chi connectivity index (χ1v) is 8.97. The summed E-state index contributed by atoms with van der Waals surface area (Å²) >= 11 is 0. The fourth-order valence-corrected chi connectivity index (χ4v) is 3.04. The molecule has 0 aliphatic carbocycles. The molecule has 1 atom stereocenters. The Morgan fingerprint density at radius 3 is 2.48 bits per heavy atom. The van der Waals surface area contributed by atoms with Gasteiger partial charge in [-0.1, -0.05) is 26.2 Å². The van der Waals surface area contributed by atoms with Crippen LogP contribution in [-0.4, -0.2) is 37.5 Å². The normalized spacial score (nSPS) is 17.2. The highest BCUT2D eigenvalue weighted by atomic mass is 16.5. The van der Waals surface area contributed by atoms with Crippen LogP contribution in [0, 0.1) is 0 Å². The van der Waals surface area contributed by atoms with Gasteiger partial charge in [-0.3, -0.25) is 9.59 Å². The number of benzene rings is 1. The lowest BCUT2D eigenvalue weighted by molar-refractivity contribution is -0.674. The molecule has 1 aromatic carbocycles. The van der Waals surface area contributed by atoms with Crippen molar-refractivity contribution in [2.45, 2.75) is 51.5 Å². The first-order chi connectivity index (χ1) is 12.1. The first kappa shape index (κ1) is 19.1. The van der Waals surface area contributed by atoms with Gasteiger partial charge in [-0.05, 0) is 37.1 Å². The highest BCUT2D eigenvalue weighted by molar-refractivity contribution is 6.21. The Morgan fingerprint density at radius 2 is 1.84 bits per heavy atom. The monoisotopic (exact) mass is 347 g/mol. The minimum absolute atomic E-state index is 0.177. The summed E-state index contributed by atoms with van der Waals surface area (Å²) < 4.78 is 4.65. The quantitative estimate of drug-likeness (QED) is 0.418. The molecule has 0 spiro atoms. The lowest BCUT2D eigenvalue weighted by Crippen LogP contribution is -2.91. The van der Waals surface area contributed by atoms with Gasteiger partial charge in [-0.2, -0.15) is 0 Å². The zero-order valence-electron chi connectivity index (χ0n) is 15.0. The van der Waals surface area contributed by atoms with E-state index in [0.717, 1.165) is 19.4 Å². The summed E-state index contributed by atoms with van der Waals surface area (Å²) in [5.41, 5.74) is 0.891. The largest absolute Gasteiger partial charge is 0.465 e. The van der Waals surface area contributed by atoms with Crippen LogP contribution in [-0.2, 0) is 14.3 Å². The van der Waals surface area contributed by atoms with E-state index in [1.165, 1.54) is 31.3 Å². The number of unbranched alkanes of at least 4 members (excludes halogenated alkanes) is 4. The summed E-state index contributed by atoms with van der Waals surface area (Å²) in [5.74, 6) is -0.813. The van der Waals surface area contributed by atoms with Gasteiger partial charge in [0.15, 0.2) is 6.04 Å². The van der Waals surface area contributed by atoms with E-state index in [1.807, 2.05) is 5.32 Å². The number of ether oxygens (including phenoxy) is 1. The van der Waals surface area contributed by atoms with Crippen LogP contribution in [0.2, 0.25) is 0 Å². The van der Waals surface area contributed by atoms with Crippen molar-refractivity contribution in [3.8, 4) is 0 Å². The SMILES string of the molecule is CCCCCCC[NH2+][C@@H]1CC(=O)N(c2ccc(C(=O)OC)cc2)C1=O. The van der Waals surface area contributed by atoms with Crippen molar-refractivity contribution in [2.24, 2.45) is 0 Å². The topological polar surface area (TPSA) is 80.3 Å². The number of carbonyl (C=O) groups is 3. The predicted molar refractivity (Wildman–Crippen MR) is 94.2 cm³/mol. The maximum absolute atomic E-state index is 12.5. The van der Waals surface area contributed by atoms with Gasteiger partial charge < -0.3 is 10.1 Å². The van der Waals surface area contributed by atoms with E-state index < -0.39 is 5.97 Å². The molecule has 2 rings (SSSR count). The molecule has 6 heteroatoms. The van der Waals surface area contributed by atoms with Gasteiger partial charge in [0.05, 0.1) is 31.3 Å². The van der Waals surface area contributed by atoms with Gasteiger partial charge >= 0.3 is 5.97 Å². The molecule has 0 saturated carbocycles. The predicted octanol–water partition coefficient (Wildman–Crippen LogP) is 1.64. The summed E-state index contributed by atoms with van der Waals surface area (Å²) in [7, 11) is 1.31. The van der Waals surface area contributed by atoms with E-state index in [-0.39, 0.29) is 24.3 Å². The number of carbonyl (C=O) groups excluding carboxylic acids is 3. The van der Waals surface area contributed by atoms with Crippen molar-refractivity contribution in [2.75, 3.05) is 18.6 Å². The highest BCUT2D eigenvalue weighted by Gasteiger charge is 2.42. The third kappa shape index (κ3) is 4.89. The Hall–Kier alpha value is -2.21. The lowest BCUT2D eigenvalue weighted by Gasteiger charge is -2.14. The van der Waals surface area contributed by atoms with Crippen LogP contribution in [0.1, 0.15) is 55.8 Å². The number of nitrogens with zero attached hydrogens (tertiary/aromatic N) is 1. The Bertz CT molecular complexity index is 612. The van der Waals surface area contributed by atoms with Crippen LogP contribution in [0.4, 0.5) is 5.69 Å². The van der Waals surface area contributed by atoms with E-state index in [0.29, 0.717) is 11.3 Å². The number of imide groups is 1. The molecule has 2 N–H and O–H groups in total. The van der Waals surface area contributed by atoms with Gasteiger partial charge in [0.1, 0.15) is 0 Å². The van der Waals surface area contributed by atoms with Gasteiger partial charge in [-0.15, -0.1) is 0 Å². The van der Waals surface area contributed by atoms with Crippen LogP contribution in [0.25, 0.3) is 0 Å². The average Bonchev–Trinajstić information content (AvgIpc) is 2.91. The van der Waals surface area contributed by atoms with Crippen LogP contribution in [0.15, 0.2) is 24.3 Å². The minimum Gasteiger partial charge on any atom is -0.465 e. The maximum Gasteiger partial charge on any atom is 0.337 e. The minimum atomic E-state index is -0.445. The number of hydrogen-bond donors (Lipinski definition) is 1. The zero-order chi connectivity index (χ0) is 18.2. The molecule has 1 heterocycles. The smallest absolute Gasteiger partial charge is 0.337 e. The molecule has 0 radical (unpaired) electrons. The average molecular weight is 347 g/mol. The van der Waals surface area contributed by atoms with Gasteiger partial charge in [0.25, 0.3) is 5.91 Å². The van der Waals surface area contributed by atoms with Crippen LogP contribution >= 0.6 is 0 Å². The molecule has 1 aromatic rings. The van der Waals surface area contributed by atoms with Gasteiger partial charge in [0, 0.05) is 0 Å². The van der Waals surface area contributed by atoms with E-state index in [1.54, 1.807) is 24.3 Å². The number of hydrogen-bond acceptors (Lipinski definition) is 4. The first-order valence-electron chi connectivity index (χ1n) is 8.97. The van der Waals surface area contributed by atoms with Crippen LogP contribution in [0.3, 0.4) is 0 Å². The molecule has 136 valence electrons. The molecule has 2 amide bonds. The summed E-state index contributed by atoms with van der Waals surface area (Å²) in [6.07, 6.45) is 6.13. The number of methoxy groups -OCH3 is 1. The van der Waals surface area contributed by atoms with Crippen molar-refractivity contribution in [3.63, 3.8) is 0 Å². The number of quaternary nitrogens is 1. The molecule has 1 fully saturated rings. The maximum atomic E-state index is 12.5. The number of rotatable bonds is 9. The van der Waals surface area contributed by atoms with E-state index in [4.69, 9.17) is 0 Å². The molecular weight excluding hydrogens is 320 g/mol. The fourth-order valence-electron chi connectivity index (χ4n) is 3.04. The van der Waals surface area contributed by atoms with Crippen molar-refractivity contribution in [1.82, 2.24) is 0 Å². The Morgan fingerprint density at radius 1 is 1.16 bits per heavy atom. The summed E-state index contributed by atoms with van der Waals surface area (Å²) in [4.78, 5) is 37.5. The third-order valence-electron chi connectivity index (χ3n) is 4.49. The van der Waals surface area contributed by atoms with Gasteiger partial charge in [-0.25, -0.2) is 9.69 Å².